The molecule has 1 aliphatic carbocycles. The van der Waals surface area contributed by atoms with Gasteiger partial charge in [-0.15, -0.1) is 0 Å². The van der Waals surface area contributed by atoms with E-state index in [0.717, 1.165) is 29.9 Å². The van der Waals surface area contributed by atoms with Gasteiger partial charge in [-0.1, -0.05) is 29.8 Å². The molecule has 2 N–H and O–H groups in total. The van der Waals surface area contributed by atoms with Gasteiger partial charge in [0, 0.05) is 28.3 Å². The highest BCUT2D eigenvalue weighted by molar-refractivity contribution is 6.31. The Kier molecular flexibility index (Phi) is 3.77. The lowest BCUT2D eigenvalue weighted by Crippen LogP contribution is -2.24. The predicted octanol–water partition coefficient (Wildman–Crippen LogP) is 5.06. The van der Waals surface area contributed by atoms with Crippen LogP contribution in [-0.2, 0) is 4.79 Å². The number of hydrogen-bond donors (Lipinski definition) is 2. The molecule has 1 atom stereocenters. The second-order valence-electron chi connectivity index (χ2n) is 6.05. The molecular formula is C19H16ClFN2O. The molecule has 0 saturated carbocycles. The highest BCUT2D eigenvalue weighted by Gasteiger charge is 2.34. The Hall–Kier alpha value is -2.33. The lowest BCUT2D eigenvalue weighted by atomic mass is 9.86. The summed E-state index contributed by atoms with van der Waals surface area (Å²) in [6, 6.07) is 11.7. The fraction of sp³-hybridized carbons (Fsp3) is 0.211. The van der Waals surface area contributed by atoms with Crippen molar-refractivity contribution in [2.45, 2.75) is 25.3 Å². The molecule has 2 aliphatic rings. The van der Waals surface area contributed by atoms with Crippen molar-refractivity contribution in [2.24, 2.45) is 0 Å². The zero-order chi connectivity index (χ0) is 16.7. The molecule has 0 aromatic heterocycles. The number of halogens is 2. The molecule has 1 unspecified atom stereocenters. The molecule has 0 fully saturated rings. The van der Waals surface area contributed by atoms with E-state index in [9.17, 15) is 9.18 Å². The zero-order valence-electron chi connectivity index (χ0n) is 12.9. The van der Waals surface area contributed by atoms with Gasteiger partial charge < -0.3 is 10.6 Å². The van der Waals surface area contributed by atoms with E-state index in [2.05, 4.69) is 10.6 Å². The molecule has 122 valence electrons. The van der Waals surface area contributed by atoms with Crippen molar-refractivity contribution >= 4 is 28.8 Å². The molecule has 5 heteroatoms. The topological polar surface area (TPSA) is 41.1 Å². The first-order valence-electron chi connectivity index (χ1n) is 7.98. The van der Waals surface area contributed by atoms with Gasteiger partial charge in [0.2, 0.25) is 0 Å². The van der Waals surface area contributed by atoms with Crippen molar-refractivity contribution in [3.05, 3.63) is 70.1 Å². The van der Waals surface area contributed by atoms with Crippen LogP contribution in [0.2, 0.25) is 5.02 Å². The zero-order valence-corrected chi connectivity index (χ0v) is 13.7. The molecule has 2 aromatic carbocycles. The van der Waals surface area contributed by atoms with Crippen molar-refractivity contribution < 1.29 is 9.18 Å². The van der Waals surface area contributed by atoms with E-state index in [-0.39, 0.29) is 5.78 Å². The van der Waals surface area contributed by atoms with Crippen LogP contribution >= 0.6 is 11.6 Å². The Morgan fingerprint density at radius 2 is 1.83 bits per heavy atom. The summed E-state index contributed by atoms with van der Waals surface area (Å²) in [5, 5.41) is 7.00. The fourth-order valence-corrected chi connectivity index (χ4v) is 3.71. The van der Waals surface area contributed by atoms with E-state index < -0.39 is 11.9 Å². The molecule has 0 amide bonds. The lowest BCUT2D eigenvalue weighted by molar-refractivity contribution is -0.116. The molecule has 3 nitrogen and oxygen atoms in total. The maximum Gasteiger partial charge on any atom is 0.163 e. The average molecular weight is 343 g/mol. The maximum absolute atomic E-state index is 14.6. The normalized spacial score (nSPS) is 19.8. The SMILES string of the molecule is O=C1CCCC2=C1C(c1c(F)cccc1Cl)Nc1ccccc1N2. The number of benzene rings is 2. The van der Waals surface area contributed by atoms with Gasteiger partial charge in [0.05, 0.1) is 17.4 Å². The Morgan fingerprint density at radius 3 is 2.62 bits per heavy atom. The Balaban J connectivity index is 1.94. The highest BCUT2D eigenvalue weighted by atomic mass is 35.5. The van der Waals surface area contributed by atoms with Gasteiger partial charge in [0.15, 0.2) is 5.78 Å². The van der Waals surface area contributed by atoms with Crippen molar-refractivity contribution in [3.63, 3.8) is 0 Å². The van der Waals surface area contributed by atoms with Gasteiger partial charge in [-0.05, 0) is 37.1 Å². The number of Topliss-reactive ketones (excluding diaryl/α,β-unsaturated/α-hetero) is 1. The molecule has 1 aliphatic heterocycles. The standard InChI is InChI=1S/C19H16ClFN2O/c20-11-5-3-6-12(21)17(11)19-18-15(9-4-10-16(18)24)22-13-7-1-2-8-14(13)23-19/h1-3,5-8,19,22-23H,4,9-10H2. The number of carbonyl (C=O) groups is 1. The van der Waals surface area contributed by atoms with Crippen LogP contribution in [0.3, 0.4) is 0 Å². The molecule has 0 saturated heterocycles. The van der Waals surface area contributed by atoms with Crippen molar-refractivity contribution in [1.29, 1.82) is 0 Å². The molecule has 1 heterocycles. The monoisotopic (exact) mass is 342 g/mol. The summed E-state index contributed by atoms with van der Waals surface area (Å²) in [6.07, 6.45) is 2.03. The van der Waals surface area contributed by atoms with E-state index in [0.29, 0.717) is 22.6 Å². The summed E-state index contributed by atoms with van der Waals surface area (Å²) in [7, 11) is 0. The maximum atomic E-state index is 14.6. The number of rotatable bonds is 1. The van der Waals surface area contributed by atoms with Crippen LogP contribution in [0.15, 0.2) is 53.7 Å². The number of fused-ring (bicyclic) bond motifs is 1. The Morgan fingerprint density at radius 1 is 1.04 bits per heavy atom. The summed E-state index contributed by atoms with van der Waals surface area (Å²) in [5.41, 5.74) is 3.47. The van der Waals surface area contributed by atoms with Gasteiger partial charge in [-0.2, -0.15) is 0 Å². The van der Waals surface area contributed by atoms with E-state index >= 15 is 0 Å². The third-order valence-electron chi connectivity index (χ3n) is 4.55. The van der Waals surface area contributed by atoms with E-state index in [1.54, 1.807) is 12.1 Å². The van der Waals surface area contributed by atoms with Crippen LogP contribution in [0.4, 0.5) is 15.8 Å². The average Bonchev–Trinajstić information content (AvgIpc) is 2.72. The summed E-state index contributed by atoms with van der Waals surface area (Å²) in [6.45, 7) is 0. The fourth-order valence-electron chi connectivity index (χ4n) is 3.44. The highest BCUT2D eigenvalue weighted by Crippen LogP contribution is 2.42. The van der Waals surface area contributed by atoms with Crippen LogP contribution in [0.1, 0.15) is 30.9 Å². The Labute approximate surface area is 144 Å². The first kappa shape index (κ1) is 15.2. The summed E-state index contributed by atoms with van der Waals surface area (Å²) < 4.78 is 14.6. The van der Waals surface area contributed by atoms with Gasteiger partial charge in [0.25, 0.3) is 0 Å². The van der Waals surface area contributed by atoms with Crippen LogP contribution in [0, 0.1) is 5.82 Å². The van der Waals surface area contributed by atoms with E-state index in [1.165, 1.54) is 6.07 Å². The second-order valence-corrected chi connectivity index (χ2v) is 6.46. The van der Waals surface area contributed by atoms with E-state index in [1.807, 2.05) is 24.3 Å². The van der Waals surface area contributed by atoms with Crippen LogP contribution in [0.5, 0.6) is 0 Å². The third kappa shape index (κ3) is 2.47. The molecule has 24 heavy (non-hydrogen) atoms. The molecule has 4 rings (SSSR count). The number of carbonyl (C=O) groups excluding carboxylic acids is 1. The van der Waals surface area contributed by atoms with Crippen molar-refractivity contribution in [2.75, 3.05) is 10.6 Å². The number of hydrogen-bond acceptors (Lipinski definition) is 3. The van der Waals surface area contributed by atoms with E-state index in [4.69, 9.17) is 11.6 Å². The number of nitrogens with one attached hydrogen (secondary N) is 2. The largest absolute Gasteiger partial charge is 0.372 e. The van der Waals surface area contributed by atoms with Gasteiger partial charge in [-0.3, -0.25) is 4.79 Å². The number of para-hydroxylation sites is 2. The lowest BCUT2D eigenvalue weighted by Gasteiger charge is -2.26. The molecule has 0 radical (unpaired) electrons. The van der Waals surface area contributed by atoms with Gasteiger partial charge >= 0.3 is 0 Å². The third-order valence-corrected chi connectivity index (χ3v) is 4.88. The summed E-state index contributed by atoms with van der Waals surface area (Å²) in [4.78, 5) is 12.6. The molecular weight excluding hydrogens is 327 g/mol. The molecule has 2 aromatic rings. The van der Waals surface area contributed by atoms with Gasteiger partial charge in [0.1, 0.15) is 5.82 Å². The van der Waals surface area contributed by atoms with Crippen LogP contribution in [0.25, 0.3) is 0 Å². The summed E-state index contributed by atoms with van der Waals surface area (Å²) in [5.74, 6) is -0.377. The predicted molar refractivity (Wildman–Crippen MR) is 93.7 cm³/mol. The number of anilines is 2. The minimum absolute atomic E-state index is 0.0355. The minimum atomic E-state index is -0.599. The van der Waals surface area contributed by atoms with Crippen LogP contribution < -0.4 is 10.6 Å². The van der Waals surface area contributed by atoms with Gasteiger partial charge in [-0.25, -0.2) is 4.39 Å². The molecule has 0 bridgehead atoms. The number of allylic oxidation sites excluding steroid dienone is 1. The van der Waals surface area contributed by atoms with Crippen molar-refractivity contribution in [3.8, 4) is 0 Å². The van der Waals surface area contributed by atoms with Crippen LogP contribution in [-0.4, -0.2) is 5.78 Å². The quantitative estimate of drug-likeness (QED) is 0.760. The first-order valence-corrected chi connectivity index (χ1v) is 8.35. The summed E-state index contributed by atoms with van der Waals surface area (Å²) >= 11 is 6.29. The second kappa shape index (κ2) is 5.95. The smallest absolute Gasteiger partial charge is 0.163 e. The minimum Gasteiger partial charge on any atom is -0.372 e. The van der Waals surface area contributed by atoms with Crippen molar-refractivity contribution in [1.82, 2.24) is 0 Å². The number of ketones is 1. The Bertz CT molecular complexity index is 842. The molecule has 0 spiro atoms. The first-order chi connectivity index (χ1) is 11.6.